The Labute approximate surface area is 100 Å². The lowest BCUT2D eigenvalue weighted by Crippen LogP contribution is -2.10. The number of nitrogen functional groups attached to an aromatic ring is 1. The lowest BCUT2D eigenvalue weighted by atomic mass is 10.3. The van der Waals surface area contributed by atoms with Gasteiger partial charge in [0.1, 0.15) is 23.7 Å². The minimum Gasteiger partial charge on any atom is -0.393 e. The van der Waals surface area contributed by atoms with Crippen molar-refractivity contribution < 1.29 is 4.39 Å². The van der Waals surface area contributed by atoms with Gasteiger partial charge >= 0.3 is 0 Å². The van der Waals surface area contributed by atoms with Gasteiger partial charge in [0.05, 0.1) is 6.20 Å². The molecule has 0 spiro atoms. The summed E-state index contributed by atoms with van der Waals surface area (Å²) < 4.78 is 13.0. The molecule has 0 bridgehead atoms. The van der Waals surface area contributed by atoms with Crippen LogP contribution < -0.4 is 11.3 Å². The lowest BCUT2D eigenvalue weighted by Gasteiger charge is -1.96. The average Bonchev–Trinajstić information content (AvgIpc) is 2.43. The quantitative estimate of drug-likeness (QED) is 0.676. The number of H-pyrrole nitrogens is 2. The molecule has 0 atom stereocenters. The molecule has 2 rings (SSSR count). The van der Waals surface area contributed by atoms with Crippen LogP contribution in [-0.4, -0.2) is 25.1 Å². The highest BCUT2D eigenvalue weighted by molar-refractivity contribution is 5.52. The number of hydrogen-bond acceptors (Lipinski definition) is 5. The van der Waals surface area contributed by atoms with Gasteiger partial charge in [-0.25, -0.2) is 9.37 Å². The van der Waals surface area contributed by atoms with Crippen molar-refractivity contribution in [3.8, 4) is 11.4 Å². The van der Waals surface area contributed by atoms with Gasteiger partial charge < -0.3 is 10.7 Å². The largest absolute Gasteiger partial charge is 0.393 e. The highest BCUT2D eigenvalue weighted by Gasteiger charge is 2.01. The topological polar surface area (TPSA) is 113 Å². The third-order valence-corrected chi connectivity index (χ3v) is 2.01. The molecule has 0 amide bonds. The van der Waals surface area contributed by atoms with Crippen LogP contribution in [0.2, 0.25) is 0 Å². The Morgan fingerprint density at radius 1 is 1.33 bits per heavy atom. The Morgan fingerprint density at radius 3 is 2.94 bits per heavy atom. The van der Waals surface area contributed by atoms with Crippen molar-refractivity contribution in [3.05, 3.63) is 47.2 Å². The van der Waals surface area contributed by atoms with Crippen LogP contribution in [-0.2, 0) is 0 Å². The molecule has 0 aromatic carbocycles. The summed E-state index contributed by atoms with van der Waals surface area (Å²) >= 11 is 0. The maximum atomic E-state index is 13.0. The molecule has 0 fully saturated rings. The van der Waals surface area contributed by atoms with Crippen LogP contribution in [0.25, 0.3) is 11.4 Å². The molecule has 0 unspecified atom stereocenters. The van der Waals surface area contributed by atoms with E-state index in [-0.39, 0.29) is 11.5 Å². The number of aromatic nitrogens is 5. The molecule has 92 valence electrons. The zero-order valence-electron chi connectivity index (χ0n) is 9.09. The summed E-state index contributed by atoms with van der Waals surface area (Å²) in [6.07, 6.45) is 4.79. The predicted octanol–water partition coefficient (Wildman–Crippen LogP) is 0.401. The van der Waals surface area contributed by atoms with Crippen LogP contribution in [0, 0.1) is 5.82 Å². The molecule has 0 saturated heterocycles. The highest BCUT2D eigenvalue weighted by atomic mass is 19.1. The van der Waals surface area contributed by atoms with Gasteiger partial charge in [-0.2, -0.15) is 5.10 Å². The van der Waals surface area contributed by atoms with Gasteiger partial charge in [-0.15, -0.1) is 0 Å². The maximum absolute atomic E-state index is 13.0. The van der Waals surface area contributed by atoms with Crippen molar-refractivity contribution in [2.24, 2.45) is 0 Å². The summed E-state index contributed by atoms with van der Waals surface area (Å²) in [5.74, 6) is -0.432. The van der Waals surface area contributed by atoms with E-state index in [9.17, 15) is 9.18 Å². The molecule has 2 heterocycles. The Bertz CT molecular complexity index is 663. The zero-order valence-corrected chi connectivity index (χ0v) is 9.09. The summed E-state index contributed by atoms with van der Waals surface area (Å²) in [5.41, 5.74) is 5.11. The third kappa shape index (κ3) is 2.67. The molecular formula is C10H9FN6O. The molecular weight excluding hydrogens is 239 g/mol. The maximum Gasteiger partial charge on any atom is 0.274 e. The molecule has 2 aromatic heterocycles. The van der Waals surface area contributed by atoms with E-state index in [1.165, 1.54) is 18.5 Å². The smallest absolute Gasteiger partial charge is 0.274 e. The first-order chi connectivity index (χ1) is 8.66. The number of hydrogen-bond donors (Lipinski definition) is 3. The standard InChI is InChI=1S/C10H9FN6O/c11-7-1-6(2-13-3-7)9-14-5-16-15-4-8(12)10(18)17-9/h1-5,15H,12H2,(H,14,16,17,18). The number of rotatable bonds is 1. The van der Waals surface area contributed by atoms with Crippen molar-refractivity contribution in [2.75, 3.05) is 5.73 Å². The fourth-order valence-electron chi connectivity index (χ4n) is 1.19. The normalized spacial score (nSPS) is 9.83. The fourth-order valence-corrected chi connectivity index (χ4v) is 1.19. The lowest BCUT2D eigenvalue weighted by molar-refractivity contribution is 0.622. The first kappa shape index (κ1) is 11.7. The molecule has 2 aromatic rings. The second kappa shape index (κ2) is 5.04. The molecule has 7 nitrogen and oxygen atoms in total. The molecule has 0 aliphatic heterocycles. The van der Waals surface area contributed by atoms with E-state index in [2.05, 4.69) is 25.1 Å². The SMILES string of the molecule is Nc1c[nH]ncnc(-c2cncc(F)c2)[nH]c1=O. The Balaban J connectivity index is 2.69. The summed E-state index contributed by atoms with van der Waals surface area (Å²) in [6.45, 7) is 0. The monoisotopic (exact) mass is 248 g/mol. The molecule has 8 heteroatoms. The van der Waals surface area contributed by atoms with Gasteiger partial charge in [0, 0.05) is 18.0 Å². The van der Waals surface area contributed by atoms with Crippen molar-refractivity contribution in [1.29, 1.82) is 0 Å². The van der Waals surface area contributed by atoms with E-state index in [1.54, 1.807) is 0 Å². The van der Waals surface area contributed by atoms with Gasteiger partial charge in [0.25, 0.3) is 5.56 Å². The number of aromatic amines is 2. The second-order valence-electron chi connectivity index (χ2n) is 3.30. The van der Waals surface area contributed by atoms with E-state index in [0.29, 0.717) is 5.56 Å². The molecule has 0 aliphatic rings. The number of anilines is 1. The van der Waals surface area contributed by atoms with E-state index >= 15 is 0 Å². The predicted molar refractivity (Wildman–Crippen MR) is 62.2 cm³/mol. The molecule has 0 aliphatic carbocycles. The number of pyridine rings is 1. The summed E-state index contributed by atoms with van der Waals surface area (Å²) in [5, 5.41) is 6.06. The van der Waals surface area contributed by atoms with Crippen molar-refractivity contribution >= 4 is 5.69 Å². The number of halogens is 1. The molecule has 0 saturated carbocycles. The minimum atomic E-state index is -0.573. The Kier molecular flexibility index (Phi) is 3.28. The fraction of sp³-hybridized carbons (Fsp3) is 0. The first-order valence-electron chi connectivity index (χ1n) is 4.89. The number of nitrogens with two attached hydrogens (primary N) is 1. The minimum absolute atomic E-state index is 0.0777. The van der Waals surface area contributed by atoms with Crippen LogP contribution in [0.5, 0.6) is 0 Å². The second-order valence-corrected chi connectivity index (χ2v) is 3.30. The Hall–Kier alpha value is -2.77. The van der Waals surface area contributed by atoms with Gasteiger partial charge in [-0.3, -0.25) is 14.9 Å². The zero-order chi connectivity index (χ0) is 13.0. The Morgan fingerprint density at radius 2 is 2.17 bits per heavy atom. The van der Waals surface area contributed by atoms with Crippen LogP contribution >= 0.6 is 0 Å². The van der Waals surface area contributed by atoms with Crippen molar-refractivity contribution in [3.63, 3.8) is 0 Å². The first-order valence-corrected chi connectivity index (χ1v) is 4.89. The highest BCUT2D eigenvalue weighted by Crippen LogP contribution is 2.11. The van der Waals surface area contributed by atoms with Crippen LogP contribution in [0.1, 0.15) is 0 Å². The van der Waals surface area contributed by atoms with E-state index in [4.69, 9.17) is 5.73 Å². The summed E-state index contributed by atoms with van der Waals surface area (Å²) in [7, 11) is 0. The molecule has 18 heavy (non-hydrogen) atoms. The van der Waals surface area contributed by atoms with E-state index < -0.39 is 11.4 Å². The van der Waals surface area contributed by atoms with E-state index in [0.717, 1.165) is 12.5 Å². The van der Waals surface area contributed by atoms with Gasteiger partial charge in [-0.1, -0.05) is 0 Å². The number of nitrogens with one attached hydrogen (secondary N) is 2. The molecule has 4 N–H and O–H groups in total. The van der Waals surface area contributed by atoms with Gasteiger partial charge in [0.15, 0.2) is 0 Å². The molecule has 0 radical (unpaired) electrons. The van der Waals surface area contributed by atoms with E-state index in [1.807, 2.05) is 0 Å². The van der Waals surface area contributed by atoms with Crippen LogP contribution in [0.15, 0.2) is 35.8 Å². The third-order valence-electron chi connectivity index (χ3n) is 2.01. The summed E-state index contributed by atoms with van der Waals surface area (Å²) in [6, 6.07) is 1.19. The number of nitrogens with zero attached hydrogens (tertiary/aromatic N) is 3. The van der Waals surface area contributed by atoms with Gasteiger partial charge in [0.2, 0.25) is 0 Å². The van der Waals surface area contributed by atoms with Crippen LogP contribution in [0.4, 0.5) is 10.1 Å². The summed E-state index contributed by atoms with van der Waals surface area (Å²) in [4.78, 5) is 21.6. The van der Waals surface area contributed by atoms with Crippen LogP contribution in [0.3, 0.4) is 0 Å². The average molecular weight is 248 g/mol. The van der Waals surface area contributed by atoms with Crippen molar-refractivity contribution in [2.45, 2.75) is 0 Å². The van der Waals surface area contributed by atoms with Crippen molar-refractivity contribution in [1.82, 2.24) is 25.1 Å². The van der Waals surface area contributed by atoms with Gasteiger partial charge in [-0.05, 0) is 6.07 Å².